The monoisotopic (exact) mass is 443 g/mol. The highest BCUT2D eigenvalue weighted by Gasteiger charge is 2.48. The van der Waals surface area contributed by atoms with Gasteiger partial charge in [-0.1, -0.05) is 30.3 Å². The third-order valence-corrected chi connectivity index (χ3v) is 5.85. The summed E-state index contributed by atoms with van der Waals surface area (Å²) in [5.74, 6) is -0.547. The molecule has 1 amide bonds. The standard InChI is InChI=1S/C27H25NO5/c1-16-8-7-9-18(14-16)28-24(21-10-5-6-11-22(21)33-4)23(26(30)27(28)31)25(29)20-13-12-19(32-3)15-17(20)2/h5-15,24,29H,1-4H3/b25-23+. The Morgan fingerprint density at radius 3 is 2.33 bits per heavy atom. The summed E-state index contributed by atoms with van der Waals surface area (Å²) in [5.41, 5.74) is 3.30. The number of methoxy groups -OCH3 is 2. The summed E-state index contributed by atoms with van der Waals surface area (Å²) >= 11 is 0. The van der Waals surface area contributed by atoms with Crippen molar-refractivity contribution in [2.24, 2.45) is 0 Å². The van der Waals surface area contributed by atoms with Gasteiger partial charge in [0.05, 0.1) is 25.8 Å². The third kappa shape index (κ3) is 3.84. The summed E-state index contributed by atoms with van der Waals surface area (Å²) in [6, 6.07) is 18.9. The fourth-order valence-corrected chi connectivity index (χ4v) is 4.24. The molecule has 0 aromatic heterocycles. The van der Waals surface area contributed by atoms with E-state index in [1.807, 2.05) is 44.2 Å². The fraction of sp³-hybridized carbons (Fsp3) is 0.185. The van der Waals surface area contributed by atoms with Gasteiger partial charge >= 0.3 is 0 Å². The van der Waals surface area contributed by atoms with Gasteiger partial charge in [-0.25, -0.2) is 0 Å². The number of aryl methyl sites for hydroxylation is 2. The van der Waals surface area contributed by atoms with Gasteiger partial charge in [0.15, 0.2) is 0 Å². The highest BCUT2D eigenvalue weighted by atomic mass is 16.5. The predicted octanol–water partition coefficient (Wildman–Crippen LogP) is 4.95. The molecule has 168 valence electrons. The summed E-state index contributed by atoms with van der Waals surface area (Å²) in [7, 11) is 3.09. The van der Waals surface area contributed by atoms with Crippen LogP contribution < -0.4 is 14.4 Å². The number of nitrogens with zero attached hydrogens (tertiary/aromatic N) is 1. The van der Waals surface area contributed by atoms with Crippen molar-refractivity contribution in [1.29, 1.82) is 0 Å². The number of anilines is 1. The molecule has 3 aromatic rings. The number of Topliss-reactive ketones (excluding diaryl/α,β-unsaturated/α-hetero) is 1. The molecule has 1 aliphatic heterocycles. The normalized spacial score (nSPS) is 17.3. The number of para-hydroxylation sites is 1. The lowest BCUT2D eigenvalue weighted by Crippen LogP contribution is -2.29. The maximum Gasteiger partial charge on any atom is 0.300 e. The number of ketones is 1. The van der Waals surface area contributed by atoms with Gasteiger partial charge < -0.3 is 14.6 Å². The average molecular weight is 443 g/mol. The molecule has 1 N–H and O–H groups in total. The van der Waals surface area contributed by atoms with Crippen molar-refractivity contribution >= 4 is 23.1 Å². The Labute approximate surface area is 192 Å². The van der Waals surface area contributed by atoms with Crippen molar-refractivity contribution in [3.8, 4) is 11.5 Å². The lowest BCUT2D eigenvalue weighted by molar-refractivity contribution is -0.132. The van der Waals surface area contributed by atoms with Gasteiger partial charge in [0.1, 0.15) is 17.3 Å². The largest absolute Gasteiger partial charge is 0.507 e. The number of rotatable bonds is 5. The van der Waals surface area contributed by atoms with Crippen LogP contribution in [0.15, 0.2) is 72.3 Å². The fourth-order valence-electron chi connectivity index (χ4n) is 4.24. The van der Waals surface area contributed by atoms with Crippen LogP contribution >= 0.6 is 0 Å². The van der Waals surface area contributed by atoms with Crippen LogP contribution in [-0.2, 0) is 9.59 Å². The number of hydrogen-bond acceptors (Lipinski definition) is 5. The van der Waals surface area contributed by atoms with E-state index in [2.05, 4.69) is 0 Å². The van der Waals surface area contributed by atoms with E-state index in [0.29, 0.717) is 33.9 Å². The number of carbonyl (C=O) groups excluding carboxylic acids is 2. The number of ether oxygens (including phenoxy) is 2. The van der Waals surface area contributed by atoms with Gasteiger partial charge in [0.25, 0.3) is 11.7 Å². The van der Waals surface area contributed by atoms with Crippen molar-refractivity contribution in [2.75, 3.05) is 19.1 Å². The molecule has 3 aromatic carbocycles. The molecule has 0 bridgehead atoms. The molecule has 0 radical (unpaired) electrons. The second-order valence-electron chi connectivity index (χ2n) is 7.93. The van der Waals surface area contributed by atoms with Crippen molar-refractivity contribution < 1.29 is 24.2 Å². The molecule has 33 heavy (non-hydrogen) atoms. The molecule has 1 atom stereocenters. The molecule has 1 fully saturated rings. The van der Waals surface area contributed by atoms with Gasteiger partial charge in [-0.3, -0.25) is 14.5 Å². The van der Waals surface area contributed by atoms with Crippen molar-refractivity contribution in [3.63, 3.8) is 0 Å². The van der Waals surface area contributed by atoms with Crippen LogP contribution in [0.1, 0.15) is 28.3 Å². The van der Waals surface area contributed by atoms with E-state index in [1.165, 1.54) is 12.0 Å². The first kappa shape index (κ1) is 22.1. The Morgan fingerprint density at radius 1 is 0.909 bits per heavy atom. The topological polar surface area (TPSA) is 76.1 Å². The summed E-state index contributed by atoms with van der Waals surface area (Å²) < 4.78 is 10.8. The van der Waals surface area contributed by atoms with E-state index in [4.69, 9.17) is 9.47 Å². The van der Waals surface area contributed by atoms with Gasteiger partial charge in [-0.05, 0) is 61.4 Å². The molecular weight excluding hydrogens is 418 g/mol. The lowest BCUT2D eigenvalue weighted by Gasteiger charge is -2.27. The SMILES string of the molecule is COc1ccc(/C(O)=C2\C(=O)C(=O)N(c3cccc(C)c3)C2c2ccccc2OC)c(C)c1. The Hall–Kier alpha value is -4.06. The summed E-state index contributed by atoms with van der Waals surface area (Å²) in [4.78, 5) is 28.1. The van der Waals surface area contributed by atoms with Crippen LogP contribution in [-0.4, -0.2) is 31.0 Å². The van der Waals surface area contributed by atoms with Crippen LogP contribution in [0.2, 0.25) is 0 Å². The van der Waals surface area contributed by atoms with Gasteiger partial charge in [-0.15, -0.1) is 0 Å². The molecule has 0 aliphatic carbocycles. The number of benzene rings is 3. The Morgan fingerprint density at radius 2 is 1.67 bits per heavy atom. The molecule has 0 saturated carbocycles. The van der Waals surface area contributed by atoms with Crippen molar-refractivity contribution in [3.05, 3.63) is 94.6 Å². The Balaban J connectivity index is 2.00. The quantitative estimate of drug-likeness (QED) is 0.343. The maximum atomic E-state index is 13.3. The predicted molar refractivity (Wildman–Crippen MR) is 127 cm³/mol. The third-order valence-electron chi connectivity index (χ3n) is 5.85. The number of amides is 1. The first-order chi connectivity index (χ1) is 15.9. The van der Waals surface area contributed by atoms with Gasteiger partial charge in [-0.2, -0.15) is 0 Å². The van der Waals surface area contributed by atoms with Gasteiger partial charge in [0, 0.05) is 16.8 Å². The summed E-state index contributed by atoms with van der Waals surface area (Å²) in [6.45, 7) is 3.73. The molecule has 4 rings (SSSR count). The zero-order chi connectivity index (χ0) is 23.7. The molecule has 0 spiro atoms. The van der Waals surface area contributed by atoms with E-state index < -0.39 is 17.7 Å². The van der Waals surface area contributed by atoms with Crippen LogP contribution in [0, 0.1) is 13.8 Å². The second kappa shape index (κ2) is 8.82. The first-order valence-corrected chi connectivity index (χ1v) is 10.5. The molecule has 1 saturated heterocycles. The zero-order valence-corrected chi connectivity index (χ0v) is 19.0. The van der Waals surface area contributed by atoms with Crippen LogP contribution in [0.5, 0.6) is 11.5 Å². The molecule has 6 nitrogen and oxygen atoms in total. The number of carbonyl (C=O) groups is 2. The lowest BCUT2D eigenvalue weighted by atomic mass is 9.93. The Bertz CT molecular complexity index is 1280. The molecule has 1 aliphatic rings. The minimum absolute atomic E-state index is 0.0132. The summed E-state index contributed by atoms with van der Waals surface area (Å²) in [5, 5.41) is 11.4. The van der Waals surface area contributed by atoms with Crippen LogP contribution in [0.4, 0.5) is 5.69 Å². The minimum Gasteiger partial charge on any atom is -0.507 e. The number of hydrogen-bond donors (Lipinski definition) is 1. The average Bonchev–Trinajstić information content (AvgIpc) is 3.08. The smallest absolute Gasteiger partial charge is 0.300 e. The highest BCUT2D eigenvalue weighted by molar-refractivity contribution is 6.51. The Kier molecular flexibility index (Phi) is 5.92. The number of aliphatic hydroxyl groups excluding tert-OH is 1. The van der Waals surface area contributed by atoms with E-state index >= 15 is 0 Å². The molecular formula is C27H25NO5. The van der Waals surface area contributed by atoms with Crippen LogP contribution in [0.3, 0.4) is 0 Å². The zero-order valence-electron chi connectivity index (χ0n) is 19.0. The molecule has 6 heteroatoms. The van der Waals surface area contributed by atoms with Crippen molar-refractivity contribution in [1.82, 2.24) is 0 Å². The first-order valence-electron chi connectivity index (χ1n) is 10.5. The maximum absolute atomic E-state index is 13.3. The van der Waals surface area contributed by atoms with E-state index in [0.717, 1.165) is 5.56 Å². The minimum atomic E-state index is -0.857. The highest BCUT2D eigenvalue weighted by Crippen LogP contribution is 2.45. The van der Waals surface area contributed by atoms with E-state index in [-0.39, 0.29) is 11.3 Å². The van der Waals surface area contributed by atoms with E-state index in [9.17, 15) is 14.7 Å². The van der Waals surface area contributed by atoms with Crippen LogP contribution in [0.25, 0.3) is 5.76 Å². The molecule has 1 heterocycles. The van der Waals surface area contributed by atoms with Crippen molar-refractivity contribution in [2.45, 2.75) is 19.9 Å². The summed E-state index contributed by atoms with van der Waals surface area (Å²) in [6.07, 6.45) is 0. The number of aliphatic hydroxyl groups is 1. The molecule has 1 unspecified atom stereocenters. The second-order valence-corrected chi connectivity index (χ2v) is 7.93. The van der Waals surface area contributed by atoms with E-state index in [1.54, 1.807) is 43.5 Å². The van der Waals surface area contributed by atoms with Gasteiger partial charge in [0.2, 0.25) is 0 Å².